The van der Waals surface area contributed by atoms with Crippen LogP contribution in [0.2, 0.25) is 0 Å². The van der Waals surface area contributed by atoms with E-state index in [1.807, 2.05) is 5.43 Å². The molecule has 3 N–H and O–H groups in total. The van der Waals surface area contributed by atoms with Crippen molar-refractivity contribution < 1.29 is 41.4 Å². The number of amides is 3. The van der Waals surface area contributed by atoms with E-state index in [-0.39, 0.29) is 17.2 Å². The first-order chi connectivity index (χ1) is 18.1. The summed E-state index contributed by atoms with van der Waals surface area (Å²) in [6.45, 7) is -0.602. The number of nitrogens with one attached hydrogen (secondary N) is 3. The lowest BCUT2D eigenvalue weighted by molar-refractivity contribution is -0.137. The van der Waals surface area contributed by atoms with Crippen LogP contribution in [0.5, 0.6) is 11.5 Å². The van der Waals surface area contributed by atoms with Crippen molar-refractivity contribution in [3.63, 3.8) is 0 Å². The highest BCUT2D eigenvalue weighted by Crippen LogP contribution is 2.34. The Hall–Kier alpha value is -4.94. The van der Waals surface area contributed by atoms with Gasteiger partial charge in [0.1, 0.15) is 5.82 Å². The third kappa shape index (κ3) is 7.78. The molecule has 0 fully saturated rings. The van der Waals surface area contributed by atoms with E-state index in [1.54, 1.807) is 0 Å². The highest BCUT2D eigenvalue weighted by Gasteiger charge is 2.33. The number of para-hydroxylation sites is 1. The number of hydrogen-bond donors (Lipinski definition) is 3. The van der Waals surface area contributed by atoms with Gasteiger partial charge >= 0.3 is 18.0 Å². The second kappa shape index (κ2) is 12.3. The Morgan fingerprint density at radius 3 is 2.32 bits per heavy atom. The number of hydrogen-bond acceptors (Lipinski definition) is 6. The lowest BCUT2D eigenvalue weighted by atomic mass is 10.1. The summed E-state index contributed by atoms with van der Waals surface area (Å²) in [4.78, 5) is 35.9. The molecule has 0 aliphatic carbocycles. The maximum atomic E-state index is 13.1. The van der Waals surface area contributed by atoms with E-state index in [9.17, 15) is 31.9 Å². The second-order valence-corrected chi connectivity index (χ2v) is 7.45. The SMILES string of the molecule is COc1cc(/C=N\NC(=O)C(=O)Nc2ccc(F)cc2)ccc1OCC(=O)Nc1ccccc1C(F)(F)F. The largest absolute Gasteiger partial charge is 0.493 e. The summed E-state index contributed by atoms with van der Waals surface area (Å²) < 4.78 is 62.8. The van der Waals surface area contributed by atoms with Gasteiger partial charge in [0.05, 0.1) is 24.6 Å². The van der Waals surface area contributed by atoms with Gasteiger partial charge in [0.25, 0.3) is 5.91 Å². The van der Waals surface area contributed by atoms with Crippen LogP contribution in [-0.4, -0.2) is 37.7 Å². The number of methoxy groups -OCH3 is 1. The van der Waals surface area contributed by atoms with Gasteiger partial charge in [-0.15, -0.1) is 0 Å². The van der Waals surface area contributed by atoms with Crippen LogP contribution in [0.3, 0.4) is 0 Å². The highest BCUT2D eigenvalue weighted by molar-refractivity contribution is 6.39. The van der Waals surface area contributed by atoms with Gasteiger partial charge < -0.3 is 20.1 Å². The average molecular weight is 532 g/mol. The molecule has 0 aliphatic rings. The first kappa shape index (κ1) is 27.6. The van der Waals surface area contributed by atoms with Crippen molar-refractivity contribution in [1.82, 2.24) is 5.43 Å². The van der Waals surface area contributed by atoms with Crippen molar-refractivity contribution in [2.24, 2.45) is 5.10 Å². The molecule has 0 aromatic heterocycles. The number of alkyl halides is 3. The molecule has 3 aromatic rings. The van der Waals surface area contributed by atoms with Crippen molar-refractivity contribution >= 4 is 35.3 Å². The summed E-state index contributed by atoms with van der Waals surface area (Å²) in [6, 6.07) is 13.7. The first-order valence-corrected chi connectivity index (χ1v) is 10.7. The fraction of sp³-hybridized carbons (Fsp3) is 0.120. The number of carbonyl (C=O) groups is 3. The van der Waals surface area contributed by atoms with Crippen LogP contribution in [0.1, 0.15) is 11.1 Å². The fourth-order valence-corrected chi connectivity index (χ4v) is 2.99. The van der Waals surface area contributed by atoms with Crippen molar-refractivity contribution in [3.8, 4) is 11.5 Å². The lowest BCUT2D eigenvalue weighted by Gasteiger charge is -2.14. The monoisotopic (exact) mass is 532 g/mol. The maximum Gasteiger partial charge on any atom is 0.418 e. The third-order valence-electron chi connectivity index (χ3n) is 4.74. The van der Waals surface area contributed by atoms with E-state index < -0.39 is 47.6 Å². The number of carbonyl (C=O) groups excluding carboxylic acids is 3. The summed E-state index contributed by atoms with van der Waals surface area (Å²) in [5.41, 5.74) is 1.27. The summed E-state index contributed by atoms with van der Waals surface area (Å²) in [6.07, 6.45) is -3.44. The van der Waals surface area contributed by atoms with Crippen LogP contribution in [0, 0.1) is 5.82 Å². The summed E-state index contributed by atoms with van der Waals surface area (Å²) in [5.74, 6) is -3.14. The topological polar surface area (TPSA) is 118 Å². The fourth-order valence-electron chi connectivity index (χ4n) is 2.99. The molecular formula is C25H20F4N4O5. The highest BCUT2D eigenvalue weighted by atomic mass is 19.4. The smallest absolute Gasteiger partial charge is 0.418 e. The van der Waals surface area contributed by atoms with Gasteiger partial charge in [-0.2, -0.15) is 18.3 Å². The van der Waals surface area contributed by atoms with Crippen LogP contribution >= 0.6 is 0 Å². The van der Waals surface area contributed by atoms with E-state index in [2.05, 4.69) is 15.7 Å². The van der Waals surface area contributed by atoms with Gasteiger partial charge in [-0.3, -0.25) is 14.4 Å². The van der Waals surface area contributed by atoms with E-state index >= 15 is 0 Å². The number of halogens is 4. The molecule has 0 aliphatic heterocycles. The molecule has 13 heteroatoms. The Bertz CT molecular complexity index is 1340. The van der Waals surface area contributed by atoms with Gasteiger partial charge in [-0.25, -0.2) is 9.82 Å². The first-order valence-electron chi connectivity index (χ1n) is 10.7. The van der Waals surface area contributed by atoms with Crippen molar-refractivity contribution in [3.05, 3.63) is 83.7 Å². The Morgan fingerprint density at radius 2 is 1.63 bits per heavy atom. The minimum Gasteiger partial charge on any atom is -0.493 e. The standard InChI is InChI=1S/C25H20F4N4O5/c1-37-21-12-15(13-30-33-24(36)23(35)31-17-9-7-16(26)8-10-17)6-11-20(21)38-14-22(34)32-19-5-3-2-4-18(19)25(27,28)29/h2-13H,14H2,1H3,(H,31,35)(H,32,34)(H,33,36)/b30-13-. The molecule has 0 radical (unpaired) electrons. The Morgan fingerprint density at radius 1 is 0.921 bits per heavy atom. The third-order valence-corrected chi connectivity index (χ3v) is 4.74. The van der Waals surface area contributed by atoms with Crippen LogP contribution in [0.4, 0.5) is 28.9 Å². The molecule has 0 atom stereocenters. The number of anilines is 2. The molecule has 3 rings (SSSR count). The quantitative estimate of drug-likeness (QED) is 0.176. The van der Waals surface area contributed by atoms with E-state index in [0.29, 0.717) is 5.56 Å². The molecule has 198 valence electrons. The minimum atomic E-state index is -4.64. The molecular weight excluding hydrogens is 512 g/mol. The van der Waals surface area contributed by atoms with Crippen LogP contribution < -0.4 is 25.5 Å². The number of rotatable bonds is 8. The molecule has 38 heavy (non-hydrogen) atoms. The van der Waals surface area contributed by atoms with Crippen molar-refractivity contribution in [1.29, 1.82) is 0 Å². The molecule has 0 unspecified atom stereocenters. The zero-order valence-corrected chi connectivity index (χ0v) is 19.6. The number of nitrogens with zero attached hydrogens (tertiary/aromatic N) is 1. The lowest BCUT2D eigenvalue weighted by Crippen LogP contribution is -2.32. The van der Waals surface area contributed by atoms with Crippen LogP contribution in [0.25, 0.3) is 0 Å². The zero-order chi connectivity index (χ0) is 27.7. The van der Waals surface area contributed by atoms with Crippen molar-refractivity contribution in [2.75, 3.05) is 24.4 Å². The van der Waals surface area contributed by atoms with E-state index in [4.69, 9.17) is 9.47 Å². The van der Waals surface area contributed by atoms with Gasteiger partial charge in [-0.05, 0) is 60.2 Å². The molecule has 0 bridgehead atoms. The molecule has 3 amide bonds. The summed E-state index contributed by atoms with van der Waals surface area (Å²) in [7, 11) is 1.32. The predicted octanol–water partition coefficient (Wildman–Crippen LogP) is 3.96. The molecule has 0 heterocycles. The van der Waals surface area contributed by atoms with Crippen LogP contribution in [0.15, 0.2) is 71.8 Å². The normalized spacial score (nSPS) is 11.1. The van der Waals surface area contributed by atoms with Gasteiger partial charge in [-0.1, -0.05) is 12.1 Å². The Labute approximate surface area is 213 Å². The van der Waals surface area contributed by atoms with Gasteiger partial charge in [0.2, 0.25) is 0 Å². The number of benzene rings is 3. The molecule has 0 saturated carbocycles. The predicted molar refractivity (Wildman–Crippen MR) is 129 cm³/mol. The van der Waals surface area contributed by atoms with Crippen LogP contribution in [-0.2, 0) is 20.6 Å². The Kier molecular flexibility index (Phi) is 8.98. The minimum absolute atomic E-state index is 0.117. The molecule has 9 nitrogen and oxygen atoms in total. The summed E-state index contributed by atoms with van der Waals surface area (Å²) >= 11 is 0. The zero-order valence-electron chi connectivity index (χ0n) is 19.6. The maximum absolute atomic E-state index is 13.1. The van der Waals surface area contributed by atoms with E-state index in [0.717, 1.165) is 24.3 Å². The number of hydrazone groups is 1. The summed E-state index contributed by atoms with van der Waals surface area (Å²) in [5, 5.41) is 8.12. The Balaban J connectivity index is 1.55. The average Bonchev–Trinajstić information content (AvgIpc) is 2.88. The second-order valence-electron chi connectivity index (χ2n) is 7.45. The molecule has 0 spiro atoms. The van der Waals surface area contributed by atoms with E-state index in [1.165, 1.54) is 55.8 Å². The van der Waals surface area contributed by atoms with Crippen molar-refractivity contribution in [2.45, 2.75) is 6.18 Å². The number of ether oxygens (including phenoxy) is 2. The van der Waals surface area contributed by atoms with Gasteiger partial charge in [0.15, 0.2) is 18.1 Å². The van der Waals surface area contributed by atoms with Gasteiger partial charge in [0, 0.05) is 5.69 Å². The molecule has 3 aromatic carbocycles. The molecule has 0 saturated heterocycles.